The van der Waals surface area contributed by atoms with E-state index >= 15 is 0 Å². The molecule has 6 nitrogen and oxygen atoms in total. The Kier molecular flexibility index (Phi) is 6.42. The largest absolute Gasteiger partial charge is 0.338 e. The van der Waals surface area contributed by atoms with Crippen molar-refractivity contribution in [2.45, 2.75) is 33.7 Å². The third-order valence-electron chi connectivity index (χ3n) is 4.27. The minimum atomic E-state index is -0.172. The fourth-order valence-electron chi connectivity index (χ4n) is 2.89. The lowest BCUT2D eigenvalue weighted by molar-refractivity contribution is 0.241. The maximum atomic E-state index is 11.5. The number of benzene rings is 2. The van der Waals surface area contributed by atoms with Gasteiger partial charge in [0.1, 0.15) is 0 Å². The van der Waals surface area contributed by atoms with Gasteiger partial charge in [0.2, 0.25) is 5.82 Å². The van der Waals surface area contributed by atoms with Gasteiger partial charge < -0.3 is 15.2 Å². The van der Waals surface area contributed by atoms with E-state index in [4.69, 9.17) is 4.52 Å². The van der Waals surface area contributed by atoms with Crippen molar-refractivity contribution in [2.24, 2.45) is 5.92 Å². The summed E-state index contributed by atoms with van der Waals surface area (Å²) in [5.74, 6) is 1.68. The number of hydrogen-bond acceptors (Lipinski definition) is 4. The van der Waals surface area contributed by atoms with Crippen molar-refractivity contribution in [1.82, 2.24) is 20.8 Å². The van der Waals surface area contributed by atoms with Crippen molar-refractivity contribution in [1.29, 1.82) is 0 Å². The van der Waals surface area contributed by atoms with Crippen LogP contribution >= 0.6 is 0 Å². The Morgan fingerprint density at radius 1 is 0.964 bits per heavy atom. The molecule has 6 heteroatoms. The maximum absolute atomic E-state index is 11.5. The Balaban J connectivity index is 1.65. The van der Waals surface area contributed by atoms with Gasteiger partial charge in [-0.1, -0.05) is 55.4 Å². The normalized spacial score (nSPS) is 10.9. The molecule has 0 aliphatic heterocycles. The van der Waals surface area contributed by atoms with E-state index in [-0.39, 0.29) is 6.03 Å². The zero-order valence-electron chi connectivity index (χ0n) is 16.5. The molecule has 0 aliphatic carbocycles. The van der Waals surface area contributed by atoms with E-state index in [9.17, 15) is 4.79 Å². The van der Waals surface area contributed by atoms with Gasteiger partial charge in [-0.2, -0.15) is 4.98 Å². The number of hydrogen-bond donors (Lipinski definition) is 2. The Bertz CT molecular complexity index is 899. The van der Waals surface area contributed by atoms with Gasteiger partial charge in [0.05, 0.1) is 0 Å². The number of urea groups is 1. The number of rotatable bonds is 7. The van der Waals surface area contributed by atoms with Crippen LogP contribution in [0.1, 0.15) is 31.9 Å². The summed E-state index contributed by atoms with van der Waals surface area (Å²) in [6, 6.07) is 15.8. The molecule has 0 bridgehead atoms. The SMILES string of the molecule is CCNC(=O)NCc1ccc(-c2noc(-c3ccc(CC(C)C)cc3)n2)cc1. The molecular weight excluding hydrogens is 352 g/mol. The molecule has 1 heterocycles. The zero-order chi connectivity index (χ0) is 19.9. The minimum Gasteiger partial charge on any atom is -0.338 e. The molecular formula is C22H26N4O2. The van der Waals surface area contributed by atoms with Crippen LogP contribution in [0.3, 0.4) is 0 Å². The Morgan fingerprint density at radius 3 is 2.25 bits per heavy atom. The van der Waals surface area contributed by atoms with Crippen molar-refractivity contribution in [3.63, 3.8) is 0 Å². The first-order valence-corrected chi connectivity index (χ1v) is 9.59. The van der Waals surface area contributed by atoms with E-state index in [2.05, 4.69) is 46.8 Å². The predicted octanol–water partition coefficient (Wildman–Crippen LogP) is 4.42. The van der Waals surface area contributed by atoms with Crippen molar-refractivity contribution in [3.05, 3.63) is 59.7 Å². The highest BCUT2D eigenvalue weighted by molar-refractivity contribution is 5.73. The summed E-state index contributed by atoms with van der Waals surface area (Å²) in [6.07, 6.45) is 1.05. The summed E-state index contributed by atoms with van der Waals surface area (Å²) in [6.45, 7) is 7.37. The standard InChI is InChI=1S/C22H26N4O2/c1-4-23-22(27)24-14-17-7-9-18(10-8-17)20-25-21(28-26-20)19-11-5-16(6-12-19)13-15(2)3/h5-12,15H,4,13-14H2,1-3H3,(H2,23,24,27). The first kappa shape index (κ1) is 19.6. The second-order valence-corrected chi connectivity index (χ2v) is 7.13. The number of nitrogens with zero attached hydrogens (tertiary/aromatic N) is 2. The second kappa shape index (κ2) is 9.17. The third-order valence-corrected chi connectivity index (χ3v) is 4.27. The molecule has 0 saturated heterocycles. The summed E-state index contributed by atoms with van der Waals surface area (Å²) >= 11 is 0. The maximum Gasteiger partial charge on any atom is 0.315 e. The summed E-state index contributed by atoms with van der Waals surface area (Å²) in [4.78, 5) is 16.0. The van der Waals surface area contributed by atoms with Gasteiger partial charge in [0.15, 0.2) is 0 Å². The predicted molar refractivity (Wildman–Crippen MR) is 110 cm³/mol. The van der Waals surface area contributed by atoms with E-state index in [0.29, 0.717) is 30.7 Å². The fraction of sp³-hybridized carbons (Fsp3) is 0.318. The average Bonchev–Trinajstić information content (AvgIpc) is 3.17. The highest BCUT2D eigenvalue weighted by Crippen LogP contribution is 2.23. The summed E-state index contributed by atoms with van der Waals surface area (Å²) in [7, 11) is 0. The van der Waals surface area contributed by atoms with Gasteiger partial charge >= 0.3 is 6.03 Å². The van der Waals surface area contributed by atoms with Crippen molar-refractivity contribution < 1.29 is 9.32 Å². The molecule has 0 unspecified atom stereocenters. The van der Waals surface area contributed by atoms with Crippen LogP contribution in [0.4, 0.5) is 4.79 Å². The van der Waals surface area contributed by atoms with Gasteiger partial charge in [-0.25, -0.2) is 4.79 Å². The zero-order valence-corrected chi connectivity index (χ0v) is 16.5. The van der Waals surface area contributed by atoms with Crippen molar-refractivity contribution >= 4 is 6.03 Å². The van der Waals surface area contributed by atoms with Crippen molar-refractivity contribution in [2.75, 3.05) is 6.54 Å². The molecule has 2 amide bonds. The number of carbonyl (C=O) groups is 1. The van der Waals surface area contributed by atoms with Gasteiger partial charge in [0, 0.05) is 24.2 Å². The topological polar surface area (TPSA) is 80.0 Å². The summed E-state index contributed by atoms with van der Waals surface area (Å²) in [5, 5.41) is 9.60. The van der Waals surface area contributed by atoms with E-state index in [1.807, 2.05) is 43.3 Å². The monoisotopic (exact) mass is 378 g/mol. The first-order valence-electron chi connectivity index (χ1n) is 9.59. The average molecular weight is 378 g/mol. The van der Waals surface area contributed by atoms with Gasteiger partial charge in [-0.05, 0) is 42.5 Å². The first-order chi connectivity index (χ1) is 13.5. The van der Waals surface area contributed by atoms with Crippen LogP contribution in [0.25, 0.3) is 22.8 Å². The fourth-order valence-corrected chi connectivity index (χ4v) is 2.89. The van der Waals surface area contributed by atoms with Crippen LogP contribution in [0.5, 0.6) is 0 Å². The molecule has 1 aromatic heterocycles. The van der Waals surface area contributed by atoms with Crippen LogP contribution in [0, 0.1) is 5.92 Å². The highest BCUT2D eigenvalue weighted by Gasteiger charge is 2.11. The highest BCUT2D eigenvalue weighted by atomic mass is 16.5. The Hall–Kier alpha value is -3.15. The summed E-state index contributed by atoms with van der Waals surface area (Å²) < 4.78 is 5.44. The Labute approximate surface area is 165 Å². The molecule has 2 N–H and O–H groups in total. The smallest absolute Gasteiger partial charge is 0.315 e. The molecule has 3 aromatic rings. The van der Waals surface area contributed by atoms with E-state index < -0.39 is 0 Å². The molecule has 0 fully saturated rings. The second-order valence-electron chi connectivity index (χ2n) is 7.13. The van der Waals surface area contributed by atoms with Gasteiger partial charge in [-0.15, -0.1) is 0 Å². The number of carbonyl (C=O) groups excluding carboxylic acids is 1. The van der Waals surface area contributed by atoms with Crippen LogP contribution < -0.4 is 10.6 Å². The van der Waals surface area contributed by atoms with Crippen LogP contribution in [0.15, 0.2) is 53.1 Å². The number of amides is 2. The molecule has 146 valence electrons. The van der Waals surface area contributed by atoms with Crippen molar-refractivity contribution in [3.8, 4) is 22.8 Å². The van der Waals surface area contributed by atoms with Crippen LogP contribution in [-0.4, -0.2) is 22.7 Å². The lowest BCUT2D eigenvalue weighted by Crippen LogP contribution is -2.34. The van der Waals surface area contributed by atoms with E-state index in [0.717, 1.165) is 23.1 Å². The van der Waals surface area contributed by atoms with E-state index in [1.54, 1.807) is 0 Å². The molecule has 2 aromatic carbocycles. The third kappa shape index (κ3) is 5.19. The van der Waals surface area contributed by atoms with Gasteiger partial charge in [0.25, 0.3) is 5.89 Å². The Morgan fingerprint density at radius 2 is 1.61 bits per heavy atom. The molecule has 0 saturated carbocycles. The lowest BCUT2D eigenvalue weighted by Gasteiger charge is -2.06. The van der Waals surface area contributed by atoms with E-state index in [1.165, 1.54) is 5.56 Å². The molecule has 0 atom stereocenters. The number of aromatic nitrogens is 2. The lowest BCUT2D eigenvalue weighted by atomic mass is 10.0. The molecule has 3 rings (SSSR count). The minimum absolute atomic E-state index is 0.172. The molecule has 0 spiro atoms. The quantitative estimate of drug-likeness (QED) is 0.638. The van der Waals surface area contributed by atoms with Crippen LogP contribution in [0.2, 0.25) is 0 Å². The number of nitrogens with one attached hydrogen (secondary N) is 2. The molecule has 0 aliphatic rings. The molecule has 0 radical (unpaired) electrons. The van der Waals surface area contributed by atoms with Gasteiger partial charge in [-0.3, -0.25) is 0 Å². The molecule has 28 heavy (non-hydrogen) atoms. The summed E-state index contributed by atoms with van der Waals surface area (Å²) in [5.41, 5.74) is 4.08. The van der Waals surface area contributed by atoms with Crippen LogP contribution in [-0.2, 0) is 13.0 Å².